The number of benzene rings is 2. The van der Waals surface area contributed by atoms with E-state index < -0.39 is 5.97 Å². The van der Waals surface area contributed by atoms with E-state index in [9.17, 15) is 4.79 Å². The lowest BCUT2D eigenvalue weighted by molar-refractivity contribution is 0.0595. The second-order valence-corrected chi connectivity index (χ2v) is 5.07. The van der Waals surface area contributed by atoms with Gasteiger partial charge < -0.3 is 4.74 Å². The summed E-state index contributed by atoms with van der Waals surface area (Å²) in [7, 11) is 1.34. The molecule has 0 aliphatic rings. The third kappa shape index (κ3) is 2.49. The number of hydrogen-bond donors (Lipinski definition) is 1. The molecular weight excluding hydrogens is 300 g/mol. The third-order valence-electron chi connectivity index (χ3n) is 3.35. The fourth-order valence-corrected chi connectivity index (χ4v) is 2.55. The second-order valence-electron chi connectivity index (χ2n) is 4.66. The molecule has 1 aromatic heterocycles. The highest BCUT2D eigenvalue weighted by atomic mass is 35.5. The number of carbonyl (C=O) groups excluding carboxylic acids is 1. The van der Waals surface area contributed by atoms with Crippen LogP contribution in [0.15, 0.2) is 54.6 Å². The van der Waals surface area contributed by atoms with Gasteiger partial charge in [-0.1, -0.05) is 60.1 Å². The van der Waals surface area contributed by atoms with Crippen molar-refractivity contribution in [3.8, 4) is 22.4 Å². The van der Waals surface area contributed by atoms with Gasteiger partial charge in [-0.3, -0.25) is 5.10 Å². The number of nitrogens with one attached hydrogen (secondary N) is 1. The van der Waals surface area contributed by atoms with E-state index in [0.717, 1.165) is 11.1 Å². The van der Waals surface area contributed by atoms with E-state index in [1.807, 2.05) is 48.5 Å². The number of H-pyrrole nitrogens is 1. The number of nitrogens with zero attached hydrogens (tertiary/aromatic N) is 1. The Morgan fingerprint density at radius 2 is 1.77 bits per heavy atom. The highest BCUT2D eigenvalue weighted by molar-refractivity contribution is 6.33. The van der Waals surface area contributed by atoms with Gasteiger partial charge in [-0.15, -0.1) is 0 Å². The number of methoxy groups -OCH3 is 1. The molecule has 1 heterocycles. The van der Waals surface area contributed by atoms with Gasteiger partial charge in [0.15, 0.2) is 5.69 Å². The number of ether oxygens (including phenoxy) is 1. The molecule has 0 aliphatic heterocycles. The quantitative estimate of drug-likeness (QED) is 0.738. The SMILES string of the molecule is COC(=O)c1[nH]nc(-c2ccccc2)c1-c1ccccc1Cl. The predicted molar refractivity (Wildman–Crippen MR) is 85.8 cm³/mol. The zero-order valence-electron chi connectivity index (χ0n) is 11.8. The van der Waals surface area contributed by atoms with Crippen LogP contribution in [0, 0.1) is 0 Å². The summed E-state index contributed by atoms with van der Waals surface area (Å²) in [6.45, 7) is 0. The topological polar surface area (TPSA) is 55.0 Å². The molecule has 5 heteroatoms. The molecule has 3 rings (SSSR count). The molecule has 0 saturated heterocycles. The van der Waals surface area contributed by atoms with Crippen LogP contribution in [0.25, 0.3) is 22.4 Å². The van der Waals surface area contributed by atoms with Crippen molar-refractivity contribution in [2.45, 2.75) is 0 Å². The van der Waals surface area contributed by atoms with Crippen molar-refractivity contribution >= 4 is 17.6 Å². The van der Waals surface area contributed by atoms with Gasteiger partial charge >= 0.3 is 5.97 Å². The van der Waals surface area contributed by atoms with Crippen LogP contribution >= 0.6 is 11.6 Å². The maximum Gasteiger partial charge on any atom is 0.356 e. The summed E-state index contributed by atoms with van der Waals surface area (Å²) >= 11 is 6.30. The second kappa shape index (κ2) is 6.03. The van der Waals surface area contributed by atoms with Crippen molar-refractivity contribution in [3.63, 3.8) is 0 Å². The fraction of sp³-hybridized carbons (Fsp3) is 0.0588. The molecule has 0 saturated carbocycles. The zero-order valence-corrected chi connectivity index (χ0v) is 12.6. The molecule has 22 heavy (non-hydrogen) atoms. The fourth-order valence-electron chi connectivity index (χ4n) is 2.32. The average Bonchev–Trinajstić information content (AvgIpc) is 3.00. The molecule has 0 atom stereocenters. The Kier molecular flexibility index (Phi) is 3.94. The van der Waals surface area contributed by atoms with Crippen molar-refractivity contribution < 1.29 is 9.53 Å². The monoisotopic (exact) mass is 312 g/mol. The van der Waals surface area contributed by atoms with E-state index >= 15 is 0 Å². The number of halogens is 1. The largest absolute Gasteiger partial charge is 0.464 e. The van der Waals surface area contributed by atoms with Gasteiger partial charge in [-0.2, -0.15) is 5.10 Å². The van der Waals surface area contributed by atoms with Crippen molar-refractivity contribution in [1.29, 1.82) is 0 Å². The lowest BCUT2D eigenvalue weighted by Crippen LogP contribution is -2.03. The number of aromatic nitrogens is 2. The summed E-state index contributed by atoms with van der Waals surface area (Å²) in [5.74, 6) is -0.482. The molecule has 0 amide bonds. The Morgan fingerprint density at radius 1 is 1.09 bits per heavy atom. The number of esters is 1. The van der Waals surface area contributed by atoms with E-state index in [1.165, 1.54) is 7.11 Å². The van der Waals surface area contributed by atoms with Crippen LogP contribution < -0.4 is 0 Å². The van der Waals surface area contributed by atoms with Crippen LogP contribution in [-0.4, -0.2) is 23.3 Å². The van der Waals surface area contributed by atoms with E-state index in [1.54, 1.807) is 6.07 Å². The Morgan fingerprint density at radius 3 is 2.45 bits per heavy atom. The third-order valence-corrected chi connectivity index (χ3v) is 3.68. The van der Waals surface area contributed by atoms with Crippen molar-refractivity contribution in [3.05, 3.63) is 65.3 Å². The minimum Gasteiger partial charge on any atom is -0.464 e. The minimum atomic E-state index is -0.482. The number of aromatic amines is 1. The van der Waals surface area contributed by atoms with Crippen molar-refractivity contribution in [1.82, 2.24) is 10.2 Å². The highest BCUT2D eigenvalue weighted by Gasteiger charge is 2.23. The number of hydrogen-bond acceptors (Lipinski definition) is 3. The predicted octanol–water partition coefficient (Wildman–Crippen LogP) is 4.18. The minimum absolute atomic E-state index is 0.287. The van der Waals surface area contributed by atoms with Gasteiger partial charge in [0, 0.05) is 21.7 Å². The van der Waals surface area contributed by atoms with Crippen LogP contribution in [-0.2, 0) is 4.74 Å². The maximum absolute atomic E-state index is 12.0. The van der Waals surface area contributed by atoms with Crippen LogP contribution in [0.4, 0.5) is 0 Å². The van der Waals surface area contributed by atoms with Crippen LogP contribution in [0.5, 0.6) is 0 Å². The molecule has 0 aliphatic carbocycles. The normalized spacial score (nSPS) is 10.5. The van der Waals surface area contributed by atoms with E-state index in [-0.39, 0.29) is 5.69 Å². The van der Waals surface area contributed by atoms with Gasteiger partial charge in [0.1, 0.15) is 5.69 Å². The van der Waals surface area contributed by atoms with Gasteiger partial charge in [0.2, 0.25) is 0 Å². The van der Waals surface area contributed by atoms with Gasteiger partial charge in [0.05, 0.1) is 7.11 Å². The molecule has 3 aromatic rings. The molecule has 2 aromatic carbocycles. The summed E-state index contributed by atoms with van der Waals surface area (Å²) in [5.41, 5.74) is 3.22. The zero-order chi connectivity index (χ0) is 15.5. The lowest BCUT2D eigenvalue weighted by atomic mass is 9.99. The van der Waals surface area contributed by atoms with Crippen molar-refractivity contribution in [2.24, 2.45) is 0 Å². The average molecular weight is 313 g/mol. The number of rotatable bonds is 3. The van der Waals surface area contributed by atoms with E-state index in [4.69, 9.17) is 16.3 Å². The molecule has 0 fully saturated rings. The summed E-state index contributed by atoms with van der Waals surface area (Å²) in [6.07, 6.45) is 0. The van der Waals surface area contributed by atoms with Gasteiger partial charge in [-0.05, 0) is 6.07 Å². The van der Waals surface area contributed by atoms with Crippen molar-refractivity contribution in [2.75, 3.05) is 7.11 Å². The Labute approximate surface area is 132 Å². The molecular formula is C17H13ClN2O2. The smallest absolute Gasteiger partial charge is 0.356 e. The first kappa shape index (κ1) is 14.4. The first-order valence-electron chi connectivity index (χ1n) is 6.69. The highest BCUT2D eigenvalue weighted by Crippen LogP contribution is 2.37. The first-order valence-corrected chi connectivity index (χ1v) is 7.07. The Hall–Kier alpha value is -2.59. The molecule has 110 valence electrons. The lowest BCUT2D eigenvalue weighted by Gasteiger charge is -2.07. The van der Waals surface area contributed by atoms with E-state index in [2.05, 4.69) is 10.2 Å². The van der Waals surface area contributed by atoms with Gasteiger partial charge in [0.25, 0.3) is 0 Å². The number of carbonyl (C=O) groups is 1. The molecule has 0 unspecified atom stereocenters. The van der Waals surface area contributed by atoms with Gasteiger partial charge in [-0.25, -0.2) is 4.79 Å². The molecule has 0 spiro atoms. The summed E-state index contributed by atoms with van der Waals surface area (Å²) in [4.78, 5) is 12.0. The Balaban J connectivity index is 2.27. The maximum atomic E-state index is 12.0. The standard InChI is InChI=1S/C17H13ClN2O2/c1-22-17(21)16-14(12-9-5-6-10-13(12)18)15(19-20-16)11-7-3-2-4-8-11/h2-10H,1H3,(H,19,20). The summed E-state index contributed by atoms with van der Waals surface area (Å²) in [6, 6.07) is 16.9. The molecule has 4 nitrogen and oxygen atoms in total. The first-order chi connectivity index (χ1) is 10.7. The van der Waals surface area contributed by atoms with Crippen LogP contribution in [0.3, 0.4) is 0 Å². The summed E-state index contributed by atoms with van der Waals surface area (Å²) < 4.78 is 4.83. The molecule has 0 bridgehead atoms. The molecule has 1 N–H and O–H groups in total. The van der Waals surface area contributed by atoms with Crippen LogP contribution in [0.1, 0.15) is 10.5 Å². The van der Waals surface area contributed by atoms with Crippen LogP contribution in [0.2, 0.25) is 5.02 Å². The summed E-state index contributed by atoms with van der Waals surface area (Å²) in [5, 5.41) is 7.60. The van der Waals surface area contributed by atoms with E-state index in [0.29, 0.717) is 16.3 Å². The Bertz CT molecular complexity index is 813. The molecule has 0 radical (unpaired) electrons.